The van der Waals surface area contributed by atoms with Crippen LogP contribution in [0.2, 0.25) is 0 Å². The van der Waals surface area contributed by atoms with Crippen molar-refractivity contribution in [2.45, 2.75) is 19.4 Å². The number of anilines is 1. The molecular weight excluding hydrogens is 230 g/mol. The molecule has 0 radical (unpaired) electrons. The van der Waals surface area contributed by atoms with Crippen molar-refractivity contribution in [1.82, 2.24) is 9.88 Å². The van der Waals surface area contributed by atoms with Gasteiger partial charge in [0.05, 0.1) is 18.2 Å². The number of amides is 1. The van der Waals surface area contributed by atoms with Crippen molar-refractivity contribution in [3.63, 3.8) is 0 Å². The molecule has 1 saturated heterocycles. The Morgan fingerprint density at radius 2 is 2.50 bits per heavy atom. The molecule has 0 aliphatic carbocycles. The highest BCUT2D eigenvalue weighted by Gasteiger charge is 2.28. The Morgan fingerprint density at radius 3 is 3.11 bits per heavy atom. The molecule has 5 nitrogen and oxygen atoms in total. The van der Waals surface area contributed by atoms with E-state index in [1.54, 1.807) is 25.4 Å². The Labute approximate surface area is 107 Å². The second-order valence-electron chi connectivity index (χ2n) is 4.26. The van der Waals surface area contributed by atoms with Gasteiger partial charge >= 0.3 is 0 Å². The summed E-state index contributed by atoms with van der Waals surface area (Å²) in [6.07, 6.45) is 2.59. The van der Waals surface area contributed by atoms with Crippen LogP contribution in [0.1, 0.15) is 23.7 Å². The van der Waals surface area contributed by atoms with E-state index >= 15 is 0 Å². The number of rotatable bonds is 4. The molecule has 18 heavy (non-hydrogen) atoms. The van der Waals surface area contributed by atoms with Crippen LogP contribution in [0, 0.1) is 0 Å². The lowest BCUT2D eigenvalue weighted by Crippen LogP contribution is -2.40. The van der Waals surface area contributed by atoms with E-state index in [4.69, 9.17) is 4.74 Å². The van der Waals surface area contributed by atoms with Gasteiger partial charge in [-0.2, -0.15) is 0 Å². The van der Waals surface area contributed by atoms with Gasteiger partial charge in [-0.15, -0.1) is 0 Å². The lowest BCUT2D eigenvalue weighted by molar-refractivity contribution is 0.0667. The van der Waals surface area contributed by atoms with Gasteiger partial charge in [0.25, 0.3) is 5.91 Å². The Morgan fingerprint density at radius 1 is 1.67 bits per heavy atom. The minimum atomic E-state index is 0.0189. The van der Waals surface area contributed by atoms with Gasteiger partial charge in [-0.3, -0.25) is 4.79 Å². The summed E-state index contributed by atoms with van der Waals surface area (Å²) in [4.78, 5) is 18.6. The molecule has 0 aromatic carbocycles. The molecule has 0 saturated carbocycles. The molecule has 1 unspecified atom stereocenters. The summed E-state index contributed by atoms with van der Waals surface area (Å²) in [7, 11) is 1.77. The first-order valence-electron chi connectivity index (χ1n) is 6.29. The molecule has 1 aromatic heterocycles. The zero-order chi connectivity index (χ0) is 13.0. The highest BCUT2D eigenvalue weighted by molar-refractivity contribution is 5.98. The van der Waals surface area contributed by atoms with Crippen molar-refractivity contribution in [2.75, 3.05) is 32.1 Å². The predicted octanol–water partition coefficient (Wildman–Crippen LogP) is 1.37. The third kappa shape index (κ3) is 2.46. The molecule has 2 rings (SSSR count). The molecule has 0 bridgehead atoms. The smallest absolute Gasteiger partial charge is 0.257 e. The van der Waals surface area contributed by atoms with E-state index in [1.807, 2.05) is 11.8 Å². The van der Waals surface area contributed by atoms with Gasteiger partial charge in [0, 0.05) is 26.4 Å². The molecule has 2 heterocycles. The van der Waals surface area contributed by atoms with Crippen LogP contribution in [0.15, 0.2) is 18.3 Å². The van der Waals surface area contributed by atoms with Crippen LogP contribution in [0.25, 0.3) is 0 Å². The fourth-order valence-electron chi connectivity index (χ4n) is 2.27. The minimum absolute atomic E-state index is 0.0189. The summed E-state index contributed by atoms with van der Waals surface area (Å²) in [5, 5.41) is 2.96. The van der Waals surface area contributed by atoms with Crippen LogP contribution >= 0.6 is 0 Å². The molecule has 1 aliphatic heterocycles. The first kappa shape index (κ1) is 12.8. The van der Waals surface area contributed by atoms with Crippen molar-refractivity contribution in [2.24, 2.45) is 0 Å². The third-order valence-electron chi connectivity index (χ3n) is 3.22. The number of hydrogen-bond donors (Lipinski definition) is 1. The molecule has 0 spiro atoms. The van der Waals surface area contributed by atoms with Crippen molar-refractivity contribution >= 4 is 11.7 Å². The molecule has 1 aliphatic rings. The van der Waals surface area contributed by atoms with E-state index in [1.165, 1.54) is 0 Å². The van der Waals surface area contributed by atoms with Crippen LogP contribution in [-0.4, -0.2) is 48.6 Å². The number of carbonyl (C=O) groups excluding carboxylic acids is 1. The van der Waals surface area contributed by atoms with Gasteiger partial charge in [0.15, 0.2) is 0 Å². The van der Waals surface area contributed by atoms with E-state index in [2.05, 4.69) is 10.3 Å². The summed E-state index contributed by atoms with van der Waals surface area (Å²) in [5.74, 6) is 0.644. The number of pyridine rings is 1. The van der Waals surface area contributed by atoms with Gasteiger partial charge in [0.2, 0.25) is 0 Å². The Hall–Kier alpha value is -1.62. The Balaban J connectivity index is 2.22. The lowest BCUT2D eigenvalue weighted by Gasteiger charge is -2.27. The predicted molar refractivity (Wildman–Crippen MR) is 69.7 cm³/mol. The van der Waals surface area contributed by atoms with Crippen molar-refractivity contribution < 1.29 is 9.53 Å². The van der Waals surface area contributed by atoms with Gasteiger partial charge in [-0.1, -0.05) is 0 Å². The lowest BCUT2D eigenvalue weighted by atomic mass is 10.1. The number of ether oxygens (including phenoxy) is 1. The Kier molecular flexibility index (Phi) is 4.15. The van der Waals surface area contributed by atoms with E-state index < -0.39 is 0 Å². The number of likely N-dealkylation sites (N-methyl/N-ethyl adjacent to an activating group) is 1. The zero-order valence-corrected chi connectivity index (χ0v) is 10.8. The van der Waals surface area contributed by atoms with Gasteiger partial charge < -0.3 is 15.0 Å². The second-order valence-corrected chi connectivity index (χ2v) is 4.26. The standard InChI is InChI=1S/C13H19N3O2/c1-3-16(10-6-8-18-9-10)13(17)11-5-4-7-15-12(11)14-2/h4-5,7,10H,3,6,8-9H2,1-2H3,(H,14,15). The molecule has 1 aromatic rings. The minimum Gasteiger partial charge on any atom is -0.379 e. The van der Waals surface area contributed by atoms with E-state index in [0.717, 1.165) is 13.0 Å². The average molecular weight is 249 g/mol. The first-order valence-corrected chi connectivity index (χ1v) is 6.29. The van der Waals surface area contributed by atoms with E-state index in [9.17, 15) is 4.79 Å². The summed E-state index contributed by atoms with van der Waals surface area (Å²) in [5.41, 5.74) is 0.619. The highest BCUT2D eigenvalue weighted by atomic mass is 16.5. The second kappa shape index (κ2) is 5.82. The summed E-state index contributed by atoms with van der Waals surface area (Å²) >= 11 is 0. The first-order chi connectivity index (χ1) is 8.77. The highest BCUT2D eigenvalue weighted by Crippen LogP contribution is 2.19. The number of nitrogens with one attached hydrogen (secondary N) is 1. The molecule has 5 heteroatoms. The average Bonchev–Trinajstić information content (AvgIpc) is 2.93. The van der Waals surface area contributed by atoms with Crippen LogP contribution in [-0.2, 0) is 4.74 Å². The zero-order valence-electron chi connectivity index (χ0n) is 10.8. The maximum absolute atomic E-state index is 12.5. The van der Waals surface area contributed by atoms with Crippen LogP contribution in [0.3, 0.4) is 0 Å². The number of hydrogen-bond acceptors (Lipinski definition) is 4. The van der Waals surface area contributed by atoms with E-state index in [-0.39, 0.29) is 11.9 Å². The number of aromatic nitrogens is 1. The van der Waals surface area contributed by atoms with Crippen molar-refractivity contribution in [3.05, 3.63) is 23.9 Å². The number of nitrogens with zero attached hydrogens (tertiary/aromatic N) is 2. The summed E-state index contributed by atoms with van der Waals surface area (Å²) in [6.45, 7) is 4.05. The van der Waals surface area contributed by atoms with Gasteiger partial charge in [-0.05, 0) is 25.5 Å². The van der Waals surface area contributed by atoms with Crippen molar-refractivity contribution in [1.29, 1.82) is 0 Å². The van der Waals surface area contributed by atoms with Gasteiger partial charge in [0.1, 0.15) is 5.82 Å². The van der Waals surface area contributed by atoms with E-state index in [0.29, 0.717) is 24.5 Å². The molecule has 1 atom stereocenters. The normalized spacial score (nSPS) is 18.7. The molecule has 1 fully saturated rings. The van der Waals surface area contributed by atoms with Crippen molar-refractivity contribution in [3.8, 4) is 0 Å². The quantitative estimate of drug-likeness (QED) is 0.875. The Bertz CT molecular complexity index is 416. The monoisotopic (exact) mass is 249 g/mol. The maximum Gasteiger partial charge on any atom is 0.257 e. The largest absolute Gasteiger partial charge is 0.379 e. The van der Waals surface area contributed by atoms with Crippen LogP contribution in [0.5, 0.6) is 0 Å². The fourth-order valence-corrected chi connectivity index (χ4v) is 2.27. The SMILES string of the molecule is CCN(C(=O)c1cccnc1NC)C1CCOC1. The summed E-state index contributed by atoms with van der Waals surface area (Å²) < 4.78 is 5.36. The van der Waals surface area contributed by atoms with Crippen LogP contribution < -0.4 is 5.32 Å². The summed E-state index contributed by atoms with van der Waals surface area (Å²) in [6, 6.07) is 3.78. The fraction of sp³-hybridized carbons (Fsp3) is 0.538. The molecule has 98 valence electrons. The van der Waals surface area contributed by atoms with Crippen LogP contribution in [0.4, 0.5) is 5.82 Å². The molecular formula is C13H19N3O2. The maximum atomic E-state index is 12.5. The molecule has 1 amide bonds. The molecule has 1 N–H and O–H groups in total. The third-order valence-corrected chi connectivity index (χ3v) is 3.22. The topological polar surface area (TPSA) is 54.5 Å². The van der Waals surface area contributed by atoms with Gasteiger partial charge in [-0.25, -0.2) is 4.98 Å². The number of carbonyl (C=O) groups is 1.